The van der Waals surface area contributed by atoms with Gasteiger partial charge in [0.2, 0.25) is 0 Å². The standard InChI is InChI=1S/C24H49NO/c1-3-5-7-9-11-13-15-17-19-21-23-24(25-26)22-20-18-16-14-12-10-8-6-4-2/h26H,3-23H2,1-2H3. The number of oxime groups is 1. The summed E-state index contributed by atoms with van der Waals surface area (Å²) in [5.41, 5.74) is 1.03. The van der Waals surface area contributed by atoms with Crippen LogP contribution in [-0.4, -0.2) is 10.9 Å². The zero-order valence-electron chi connectivity index (χ0n) is 18.2. The van der Waals surface area contributed by atoms with E-state index >= 15 is 0 Å². The first-order valence-corrected chi connectivity index (χ1v) is 12.0. The molecule has 0 saturated carbocycles. The molecule has 0 aliphatic rings. The Balaban J connectivity index is 3.31. The van der Waals surface area contributed by atoms with E-state index in [1.54, 1.807) is 0 Å². The van der Waals surface area contributed by atoms with E-state index in [2.05, 4.69) is 19.0 Å². The molecule has 0 aromatic carbocycles. The van der Waals surface area contributed by atoms with E-state index in [-0.39, 0.29) is 0 Å². The van der Waals surface area contributed by atoms with Crippen LogP contribution >= 0.6 is 0 Å². The van der Waals surface area contributed by atoms with Gasteiger partial charge in [0.25, 0.3) is 0 Å². The van der Waals surface area contributed by atoms with Gasteiger partial charge in [0.1, 0.15) is 0 Å². The molecule has 0 aromatic heterocycles. The molecule has 0 saturated heterocycles. The van der Waals surface area contributed by atoms with Gasteiger partial charge in [-0.2, -0.15) is 0 Å². The van der Waals surface area contributed by atoms with Gasteiger partial charge in [0.15, 0.2) is 0 Å². The molecule has 0 unspecified atom stereocenters. The van der Waals surface area contributed by atoms with Crippen LogP contribution in [0.3, 0.4) is 0 Å². The van der Waals surface area contributed by atoms with Crippen molar-refractivity contribution in [1.29, 1.82) is 0 Å². The molecular weight excluding hydrogens is 318 g/mol. The van der Waals surface area contributed by atoms with Crippen molar-refractivity contribution in [3.05, 3.63) is 0 Å². The van der Waals surface area contributed by atoms with Crippen molar-refractivity contribution in [1.82, 2.24) is 0 Å². The number of rotatable bonds is 21. The molecule has 0 atom stereocenters. The summed E-state index contributed by atoms with van der Waals surface area (Å²) in [6.07, 6.45) is 27.9. The molecule has 0 radical (unpaired) electrons. The molecule has 0 fully saturated rings. The van der Waals surface area contributed by atoms with Crippen molar-refractivity contribution in [3.63, 3.8) is 0 Å². The summed E-state index contributed by atoms with van der Waals surface area (Å²) in [5.74, 6) is 0. The molecule has 2 heteroatoms. The van der Waals surface area contributed by atoms with Crippen LogP contribution in [0.15, 0.2) is 5.16 Å². The fraction of sp³-hybridized carbons (Fsp3) is 0.958. The normalized spacial score (nSPS) is 12.0. The fourth-order valence-electron chi connectivity index (χ4n) is 3.68. The molecule has 0 aliphatic heterocycles. The van der Waals surface area contributed by atoms with Gasteiger partial charge < -0.3 is 5.21 Å². The van der Waals surface area contributed by atoms with Gasteiger partial charge in [0.05, 0.1) is 5.71 Å². The Bertz CT molecular complexity index is 288. The van der Waals surface area contributed by atoms with Crippen LogP contribution in [0.25, 0.3) is 0 Å². The van der Waals surface area contributed by atoms with E-state index in [1.165, 1.54) is 122 Å². The topological polar surface area (TPSA) is 32.6 Å². The largest absolute Gasteiger partial charge is 0.411 e. The zero-order chi connectivity index (χ0) is 19.1. The van der Waals surface area contributed by atoms with E-state index in [4.69, 9.17) is 0 Å². The van der Waals surface area contributed by atoms with E-state index in [1.807, 2.05) is 0 Å². The van der Waals surface area contributed by atoms with Crippen molar-refractivity contribution in [2.24, 2.45) is 5.16 Å². The minimum absolute atomic E-state index is 1.00. The van der Waals surface area contributed by atoms with E-state index in [0.717, 1.165) is 18.6 Å². The number of hydrogen-bond donors (Lipinski definition) is 1. The second-order valence-electron chi connectivity index (χ2n) is 8.18. The lowest BCUT2D eigenvalue weighted by Gasteiger charge is -2.06. The molecule has 1 N–H and O–H groups in total. The first-order chi connectivity index (χ1) is 12.8. The minimum atomic E-state index is 1.00. The highest BCUT2D eigenvalue weighted by Crippen LogP contribution is 2.14. The Kier molecular flexibility index (Phi) is 22.1. The minimum Gasteiger partial charge on any atom is -0.411 e. The summed E-state index contributed by atoms with van der Waals surface area (Å²) in [6.45, 7) is 4.55. The summed E-state index contributed by atoms with van der Waals surface area (Å²) in [5, 5.41) is 12.7. The van der Waals surface area contributed by atoms with Gasteiger partial charge in [-0.05, 0) is 25.7 Å². The predicted octanol–water partition coefficient (Wildman–Crippen LogP) is 9.05. The summed E-state index contributed by atoms with van der Waals surface area (Å²) in [6, 6.07) is 0. The smallest absolute Gasteiger partial charge is 0.0570 e. The lowest BCUT2D eigenvalue weighted by molar-refractivity contribution is 0.315. The first kappa shape index (κ1) is 25.5. The maximum Gasteiger partial charge on any atom is 0.0570 e. The Morgan fingerprint density at radius 1 is 0.462 bits per heavy atom. The van der Waals surface area contributed by atoms with E-state index in [0.29, 0.717) is 0 Å². The van der Waals surface area contributed by atoms with Crippen LogP contribution < -0.4 is 0 Å². The van der Waals surface area contributed by atoms with Crippen LogP contribution in [0, 0.1) is 0 Å². The van der Waals surface area contributed by atoms with Crippen molar-refractivity contribution in [2.45, 2.75) is 149 Å². The molecule has 0 spiro atoms. The summed E-state index contributed by atoms with van der Waals surface area (Å²) in [7, 11) is 0. The third-order valence-electron chi connectivity index (χ3n) is 5.53. The number of unbranched alkanes of at least 4 members (excludes halogenated alkanes) is 17. The second kappa shape index (κ2) is 22.5. The van der Waals surface area contributed by atoms with Crippen molar-refractivity contribution in [2.75, 3.05) is 0 Å². The SMILES string of the molecule is CCCCCCCCCCCCC(CCCCCCCCCCC)=NO. The fourth-order valence-corrected chi connectivity index (χ4v) is 3.68. The summed E-state index contributed by atoms with van der Waals surface area (Å²) < 4.78 is 0. The van der Waals surface area contributed by atoms with E-state index < -0.39 is 0 Å². The van der Waals surface area contributed by atoms with Crippen molar-refractivity contribution >= 4 is 5.71 Å². The lowest BCUT2D eigenvalue weighted by Crippen LogP contribution is -1.99. The summed E-state index contributed by atoms with van der Waals surface area (Å²) >= 11 is 0. The highest BCUT2D eigenvalue weighted by molar-refractivity contribution is 5.83. The molecule has 0 aromatic rings. The molecule has 2 nitrogen and oxygen atoms in total. The molecule has 0 bridgehead atoms. The zero-order valence-corrected chi connectivity index (χ0v) is 18.2. The van der Waals surface area contributed by atoms with Gasteiger partial charge in [0, 0.05) is 0 Å². The lowest BCUT2D eigenvalue weighted by atomic mass is 10.0. The molecule has 0 rings (SSSR count). The van der Waals surface area contributed by atoms with Crippen LogP contribution in [0.2, 0.25) is 0 Å². The second-order valence-corrected chi connectivity index (χ2v) is 8.18. The monoisotopic (exact) mass is 367 g/mol. The van der Waals surface area contributed by atoms with Gasteiger partial charge in [-0.1, -0.05) is 128 Å². The van der Waals surface area contributed by atoms with Crippen molar-refractivity contribution in [3.8, 4) is 0 Å². The molecule has 0 aliphatic carbocycles. The highest BCUT2D eigenvalue weighted by Gasteiger charge is 2.01. The molecule has 26 heavy (non-hydrogen) atoms. The van der Waals surface area contributed by atoms with Gasteiger partial charge in [-0.25, -0.2) is 0 Å². The van der Waals surface area contributed by atoms with E-state index in [9.17, 15) is 5.21 Å². The van der Waals surface area contributed by atoms with Crippen LogP contribution in [0.4, 0.5) is 0 Å². The quantitative estimate of drug-likeness (QED) is 0.0932. The molecule has 0 heterocycles. The Labute approximate surface area is 165 Å². The Morgan fingerprint density at radius 3 is 1.00 bits per heavy atom. The van der Waals surface area contributed by atoms with Crippen LogP contribution in [0.1, 0.15) is 149 Å². The Hall–Kier alpha value is -0.530. The average Bonchev–Trinajstić information content (AvgIpc) is 2.66. The summed E-state index contributed by atoms with van der Waals surface area (Å²) in [4.78, 5) is 0. The average molecular weight is 368 g/mol. The maximum atomic E-state index is 9.18. The number of hydrogen-bond acceptors (Lipinski definition) is 2. The van der Waals surface area contributed by atoms with Gasteiger partial charge in [-0.3, -0.25) is 0 Å². The third-order valence-corrected chi connectivity index (χ3v) is 5.53. The van der Waals surface area contributed by atoms with Gasteiger partial charge >= 0.3 is 0 Å². The molecule has 156 valence electrons. The Morgan fingerprint density at radius 2 is 0.731 bits per heavy atom. The molecule has 0 amide bonds. The predicted molar refractivity (Wildman–Crippen MR) is 118 cm³/mol. The number of nitrogens with zero attached hydrogens (tertiary/aromatic N) is 1. The van der Waals surface area contributed by atoms with Crippen molar-refractivity contribution < 1.29 is 5.21 Å². The molecular formula is C24H49NO. The van der Waals surface area contributed by atoms with Gasteiger partial charge in [-0.15, -0.1) is 0 Å². The van der Waals surface area contributed by atoms with Crippen LogP contribution in [-0.2, 0) is 0 Å². The first-order valence-electron chi connectivity index (χ1n) is 12.0. The highest BCUT2D eigenvalue weighted by atomic mass is 16.4. The van der Waals surface area contributed by atoms with Crippen LogP contribution in [0.5, 0.6) is 0 Å². The maximum absolute atomic E-state index is 9.18. The third kappa shape index (κ3) is 19.8.